The fraction of sp³-hybridized carbons (Fsp3) is 0.333. The van der Waals surface area contributed by atoms with E-state index in [0.717, 1.165) is 11.9 Å². The zero-order valence-corrected chi connectivity index (χ0v) is 23.9. The van der Waals surface area contributed by atoms with Gasteiger partial charge in [0.05, 0.1) is 17.6 Å². The molecule has 1 aromatic carbocycles. The maximum Gasteiger partial charge on any atom is 0.490 e. The summed E-state index contributed by atoms with van der Waals surface area (Å²) in [5, 5.41) is 22.2. The highest BCUT2D eigenvalue weighted by Gasteiger charge is 2.54. The molecule has 20 heteroatoms. The number of nitrogens with two attached hydrogens (primary N) is 1. The van der Waals surface area contributed by atoms with Crippen molar-refractivity contribution in [2.24, 2.45) is 0 Å². The molecule has 8 N–H and O–H groups in total. The number of rotatable bonds is 8. The molecule has 41 heavy (non-hydrogen) atoms. The standard InChI is InChI=1S/C21H25N4O13P3/c1-12-3-5-13(6-4-12)7-8-14-9-25(19-16(14)18(22)23-11-24-19)20-21(2,27)17(26)15(36-20)10-35-40(31,32)38-41(33,34)37-39(28,29)30/h3-6,9,11,15,17,20,26-27H,10H2,1-2H3,(H,31,32)(H,33,34)(H2,22,23,24)(H2,28,29,30)/t15-,17-,20-,21-/m1/s1. The van der Waals surface area contributed by atoms with Crippen LogP contribution in [-0.4, -0.2) is 68.7 Å². The van der Waals surface area contributed by atoms with E-state index in [1.165, 1.54) is 17.7 Å². The molecule has 3 aromatic rings. The summed E-state index contributed by atoms with van der Waals surface area (Å²) < 4.78 is 53.4. The van der Waals surface area contributed by atoms with Crippen molar-refractivity contribution in [2.75, 3.05) is 12.3 Å². The normalized spacial score (nSPS) is 25.8. The van der Waals surface area contributed by atoms with Crippen molar-refractivity contribution in [1.82, 2.24) is 14.5 Å². The molecule has 17 nitrogen and oxygen atoms in total. The van der Waals surface area contributed by atoms with E-state index in [1.807, 2.05) is 31.2 Å². The second-order valence-electron chi connectivity index (χ2n) is 9.11. The molecular formula is C21H25N4O13P3. The Balaban J connectivity index is 1.60. The fourth-order valence-electron chi connectivity index (χ4n) is 4.01. The van der Waals surface area contributed by atoms with Crippen LogP contribution in [0.15, 0.2) is 36.8 Å². The predicted octanol–water partition coefficient (Wildman–Crippen LogP) is 1.07. The SMILES string of the molecule is Cc1ccc(C#Cc2cn([C@@H]3O[C@H](COP(=O)(O)OP(=O)(O)OP(=O)(O)O)[C@@H](O)[C@@]3(C)O)c3ncnc(N)c23)cc1. The van der Waals surface area contributed by atoms with Crippen LogP contribution >= 0.6 is 23.5 Å². The number of aromatic nitrogens is 3. The van der Waals surface area contributed by atoms with Crippen molar-refractivity contribution in [1.29, 1.82) is 0 Å². The highest BCUT2D eigenvalue weighted by molar-refractivity contribution is 7.66. The molecule has 1 aliphatic heterocycles. The Morgan fingerprint density at radius 1 is 1.07 bits per heavy atom. The van der Waals surface area contributed by atoms with Crippen LogP contribution in [0.5, 0.6) is 0 Å². The average molecular weight is 634 g/mol. The van der Waals surface area contributed by atoms with Crippen LogP contribution in [0.3, 0.4) is 0 Å². The number of nitrogens with zero attached hydrogens (tertiary/aromatic N) is 3. The second kappa shape index (κ2) is 11.3. The second-order valence-corrected chi connectivity index (χ2v) is 13.5. The van der Waals surface area contributed by atoms with Gasteiger partial charge in [-0.25, -0.2) is 23.7 Å². The number of phosphoric ester groups is 1. The van der Waals surface area contributed by atoms with Crippen LogP contribution in [-0.2, 0) is 31.6 Å². The van der Waals surface area contributed by atoms with Gasteiger partial charge in [0.15, 0.2) is 6.23 Å². The number of aliphatic hydroxyl groups excluding tert-OH is 1. The number of anilines is 1. The number of fused-ring (bicyclic) bond motifs is 1. The van der Waals surface area contributed by atoms with Gasteiger partial charge in [-0.15, -0.1) is 0 Å². The van der Waals surface area contributed by atoms with Crippen LogP contribution in [0.2, 0.25) is 0 Å². The van der Waals surface area contributed by atoms with E-state index in [-0.39, 0.29) is 11.5 Å². The molecule has 0 spiro atoms. The van der Waals surface area contributed by atoms with E-state index in [1.54, 1.807) is 0 Å². The Hall–Kier alpha value is -2.51. The van der Waals surface area contributed by atoms with Gasteiger partial charge in [-0.05, 0) is 26.0 Å². The van der Waals surface area contributed by atoms with Gasteiger partial charge in [-0.1, -0.05) is 29.5 Å². The third-order valence-corrected chi connectivity index (χ3v) is 9.66. The summed E-state index contributed by atoms with van der Waals surface area (Å²) in [5.74, 6) is 6.05. The molecular weight excluding hydrogens is 609 g/mol. The Morgan fingerprint density at radius 2 is 1.73 bits per heavy atom. The van der Waals surface area contributed by atoms with Crippen LogP contribution in [0.1, 0.15) is 29.8 Å². The average Bonchev–Trinajstić information content (AvgIpc) is 3.30. The molecule has 0 radical (unpaired) electrons. The van der Waals surface area contributed by atoms with E-state index in [9.17, 15) is 33.7 Å². The highest BCUT2D eigenvalue weighted by Crippen LogP contribution is 2.66. The molecule has 2 unspecified atom stereocenters. The summed E-state index contributed by atoms with van der Waals surface area (Å²) in [5.41, 5.74) is 6.31. The first kappa shape index (κ1) is 31.4. The van der Waals surface area contributed by atoms with Gasteiger partial charge in [0, 0.05) is 11.8 Å². The molecule has 6 atom stereocenters. The fourth-order valence-corrected chi connectivity index (χ4v) is 7.04. The summed E-state index contributed by atoms with van der Waals surface area (Å²) in [6.45, 7) is 2.15. The zero-order chi connectivity index (χ0) is 30.4. The zero-order valence-electron chi connectivity index (χ0n) is 21.2. The van der Waals surface area contributed by atoms with E-state index in [0.29, 0.717) is 16.5 Å². The van der Waals surface area contributed by atoms with Crippen molar-refractivity contribution >= 4 is 40.3 Å². The van der Waals surface area contributed by atoms with Gasteiger partial charge in [-0.3, -0.25) is 4.52 Å². The quantitative estimate of drug-likeness (QED) is 0.135. The van der Waals surface area contributed by atoms with Gasteiger partial charge in [0.2, 0.25) is 0 Å². The molecule has 222 valence electrons. The number of nitrogen functional groups attached to an aromatic ring is 1. The Morgan fingerprint density at radius 3 is 2.37 bits per heavy atom. The van der Waals surface area contributed by atoms with Gasteiger partial charge in [0.1, 0.15) is 35.6 Å². The third-order valence-electron chi connectivity index (χ3n) is 5.86. The van der Waals surface area contributed by atoms with Gasteiger partial charge < -0.3 is 44.8 Å². The lowest BCUT2D eigenvalue weighted by Gasteiger charge is -2.27. The molecule has 0 saturated carbocycles. The molecule has 4 rings (SSSR count). The Kier molecular flexibility index (Phi) is 8.65. The van der Waals surface area contributed by atoms with E-state index in [4.69, 9.17) is 20.3 Å². The van der Waals surface area contributed by atoms with Gasteiger partial charge in [0.25, 0.3) is 0 Å². The Labute approximate surface area is 232 Å². The van der Waals surface area contributed by atoms with Crippen molar-refractivity contribution in [3.63, 3.8) is 0 Å². The van der Waals surface area contributed by atoms with Gasteiger partial charge >= 0.3 is 23.5 Å². The predicted molar refractivity (Wildman–Crippen MR) is 139 cm³/mol. The minimum Gasteiger partial charge on any atom is -0.387 e. The molecule has 0 aliphatic carbocycles. The number of phosphoric acid groups is 3. The number of ether oxygens (including phenoxy) is 1. The molecule has 3 heterocycles. The summed E-state index contributed by atoms with van der Waals surface area (Å²) in [7, 11) is -16.9. The maximum absolute atomic E-state index is 12.1. The number of hydrogen-bond donors (Lipinski definition) is 7. The van der Waals surface area contributed by atoms with Crippen LogP contribution < -0.4 is 5.73 Å². The third kappa shape index (κ3) is 7.29. The first-order valence-corrected chi connectivity index (χ1v) is 15.9. The van der Waals surface area contributed by atoms with E-state index < -0.39 is 54.1 Å². The first-order chi connectivity index (χ1) is 18.9. The van der Waals surface area contributed by atoms with E-state index >= 15 is 0 Å². The molecule has 1 fully saturated rings. The lowest BCUT2D eigenvalue weighted by atomic mass is 9.96. The molecule has 1 saturated heterocycles. The monoisotopic (exact) mass is 634 g/mol. The van der Waals surface area contributed by atoms with E-state index in [2.05, 4.69) is 35.0 Å². The number of benzene rings is 1. The van der Waals surface area contributed by atoms with Gasteiger partial charge in [-0.2, -0.15) is 8.62 Å². The lowest BCUT2D eigenvalue weighted by molar-refractivity contribution is -0.0947. The molecule has 0 bridgehead atoms. The molecule has 0 amide bonds. The summed E-state index contributed by atoms with van der Waals surface area (Å²) >= 11 is 0. The number of hydrogen-bond acceptors (Lipinski definition) is 12. The first-order valence-electron chi connectivity index (χ1n) is 11.4. The minimum absolute atomic E-state index is 0.0735. The smallest absolute Gasteiger partial charge is 0.387 e. The molecule has 2 aromatic heterocycles. The van der Waals surface area contributed by atoms with Crippen LogP contribution in [0.4, 0.5) is 5.82 Å². The van der Waals surface area contributed by atoms with Crippen LogP contribution in [0, 0.1) is 18.8 Å². The number of aryl methyl sites for hydroxylation is 1. The minimum atomic E-state index is -5.76. The largest absolute Gasteiger partial charge is 0.490 e. The summed E-state index contributed by atoms with van der Waals surface area (Å²) in [6.07, 6.45) is -2.05. The van der Waals surface area contributed by atoms with Crippen molar-refractivity contribution in [2.45, 2.75) is 37.9 Å². The van der Waals surface area contributed by atoms with Crippen molar-refractivity contribution in [3.05, 3.63) is 53.5 Å². The number of aliphatic hydroxyl groups is 2. The topological polar surface area (TPSA) is 266 Å². The summed E-state index contributed by atoms with van der Waals surface area (Å²) in [4.78, 5) is 44.5. The highest BCUT2D eigenvalue weighted by atomic mass is 31.3. The van der Waals surface area contributed by atoms with Crippen LogP contribution in [0.25, 0.3) is 11.0 Å². The van der Waals surface area contributed by atoms with Crippen molar-refractivity contribution < 1.29 is 61.4 Å². The molecule has 1 aliphatic rings. The van der Waals surface area contributed by atoms with Crippen molar-refractivity contribution in [3.8, 4) is 11.8 Å². The summed E-state index contributed by atoms with van der Waals surface area (Å²) in [6, 6.07) is 7.42. The lowest BCUT2D eigenvalue weighted by Crippen LogP contribution is -2.44. The Bertz CT molecular complexity index is 1660. The maximum atomic E-state index is 12.1.